The van der Waals surface area contributed by atoms with Gasteiger partial charge in [-0.15, -0.1) is 0 Å². The van der Waals surface area contributed by atoms with Crippen LogP contribution in [0, 0.1) is 11.6 Å². The molecule has 0 amide bonds. The van der Waals surface area contributed by atoms with E-state index in [-0.39, 0.29) is 0 Å². The van der Waals surface area contributed by atoms with E-state index in [0.29, 0.717) is 12.1 Å². The average molecular weight is 227 g/mol. The lowest BCUT2D eigenvalue weighted by molar-refractivity contribution is 0.370. The number of aromatic hydroxyl groups is 1. The summed E-state index contributed by atoms with van der Waals surface area (Å²) in [5.41, 5.74) is 5.65. The number of rotatable bonds is 2. The summed E-state index contributed by atoms with van der Waals surface area (Å²) in [5, 5.41) is 9.27. The summed E-state index contributed by atoms with van der Waals surface area (Å²) in [6.45, 7) is 0.328. The topological polar surface area (TPSA) is 46.2 Å². The van der Waals surface area contributed by atoms with Crippen LogP contribution in [-0.2, 0) is 5.41 Å². The molecule has 1 aromatic rings. The van der Waals surface area contributed by atoms with Crippen LogP contribution in [0.5, 0.6) is 5.75 Å². The molecule has 1 saturated carbocycles. The molecule has 2 rings (SSSR count). The molecule has 0 atom stereocenters. The fourth-order valence-electron chi connectivity index (χ4n) is 2.59. The highest BCUT2D eigenvalue weighted by atomic mass is 19.1. The van der Waals surface area contributed by atoms with Crippen LogP contribution in [-0.4, -0.2) is 11.7 Å². The van der Waals surface area contributed by atoms with Gasteiger partial charge in [0.2, 0.25) is 0 Å². The van der Waals surface area contributed by atoms with E-state index in [9.17, 15) is 13.9 Å². The first-order chi connectivity index (χ1) is 7.60. The number of nitrogens with two attached hydrogens (primary N) is 1. The SMILES string of the molecule is NCC1(c2ccc(F)c(O)c2F)CCCC1. The maximum absolute atomic E-state index is 13.8. The molecule has 88 valence electrons. The first-order valence-corrected chi connectivity index (χ1v) is 5.48. The van der Waals surface area contributed by atoms with Crippen LogP contribution in [0.2, 0.25) is 0 Å². The van der Waals surface area contributed by atoms with Crippen LogP contribution >= 0.6 is 0 Å². The molecular formula is C12H15F2NO. The predicted octanol–water partition coefficient (Wildman–Crippen LogP) is 2.44. The molecule has 0 bridgehead atoms. The molecule has 0 aromatic heterocycles. The Kier molecular flexibility index (Phi) is 2.84. The summed E-state index contributed by atoms with van der Waals surface area (Å²) in [4.78, 5) is 0. The van der Waals surface area contributed by atoms with Gasteiger partial charge >= 0.3 is 0 Å². The minimum Gasteiger partial charge on any atom is -0.503 e. The van der Waals surface area contributed by atoms with E-state index in [4.69, 9.17) is 5.73 Å². The Bertz CT molecular complexity index is 400. The van der Waals surface area contributed by atoms with Gasteiger partial charge in [0.15, 0.2) is 17.4 Å². The molecule has 0 spiro atoms. The van der Waals surface area contributed by atoms with Gasteiger partial charge < -0.3 is 10.8 Å². The molecule has 1 aliphatic rings. The third-order valence-electron chi connectivity index (χ3n) is 3.59. The molecule has 1 aliphatic carbocycles. The quantitative estimate of drug-likeness (QED) is 0.815. The highest BCUT2D eigenvalue weighted by molar-refractivity contribution is 5.37. The number of halogens is 2. The Morgan fingerprint density at radius 2 is 1.88 bits per heavy atom. The first-order valence-electron chi connectivity index (χ1n) is 5.48. The van der Waals surface area contributed by atoms with Gasteiger partial charge in [0.05, 0.1) is 0 Å². The van der Waals surface area contributed by atoms with Gasteiger partial charge in [-0.3, -0.25) is 0 Å². The molecule has 1 aromatic carbocycles. The first kappa shape index (κ1) is 11.3. The average Bonchev–Trinajstić information content (AvgIpc) is 2.76. The monoisotopic (exact) mass is 227 g/mol. The summed E-state index contributed by atoms with van der Waals surface area (Å²) in [5.74, 6) is -2.67. The van der Waals surface area contributed by atoms with E-state index in [1.54, 1.807) is 0 Å². The van der Waals surface area contributed by atoms with Crippen LogP contribution in [0.4, 0.5) is 8.78 Å². The van der Waals surface area contributed by atoms with Gasteiger partial charge in [0, 0.05) is 12.0 Å². The maximum Gasteiger partial charge on any atom is 0.188 e. The van der Waals surface area contributed by atoms with Crippen molar-refractivity contribution in [1.29, 1.82) is 0 Å². The molecule has 0 aliphatic heterocycles. The molecule has 0 heterocycles. The lowest BCUT2D eigenvalue weighted by atomic mass is 9.78. The van der Waals surface area contributed by atoms with Gasteiger partial charge in [-0.05, 0) is 24.5 Å². The molecule has 0 saturated heterocycles. The van der Waals surface area contributed by atoms with Gasteiger partial charge in [0.25, 0.3) is 0 Å². The van der Waals surface area contributed by atoms with Crippen LogP contribution in [0.15, 0.2) is 12.1 Å². The lowest BCUT2D eigenvalue weighted by Gasteiger charge is -2.28. The third kappa shape index (κ3) is 1.57. The molecule has 0 radical (unpaired) electrons. The number of hydrogen-bond donors (Lipinski definition) is 2. The summed E-state index contributed by atoms with van der Waals surface area (Å²) in [6, 6.07) is 2.51. The third-order valence-corrected chi connectivity index (χ3v) is 3.59. The van der Waals surface area contributed by atoms with E-state index in [1.165, 1.54) is 6.07 Å². The van der Waals surface area contributed by atoms with Crippen LogP contribution in [0.25, 0.3) is 0 Å². The van der Waals surface area contributed by atoms with E-state index < -0.39 is 22.8 Å². The molecule has 16 heavy (non-hydrogen) atoms. The Hall–Kier alpha value is -1.16. The van der Waals surface area contributed by atoms with Crippen molar-refractivity contribution in [2.75, 3.05) is 6.54 Å². The molecule has 4 heteroatoms. The molecule has 2 nitrogen and oxygen atoms in total. The van der Waals surface area contributed by atoms with Gasteiger partial charge in [-0.25, -0.2) is 8.78 Å². The highest BCUT2D eigenvalue weighted by Crippen LogP contribution is 2.43. The van der Waals surface area contributed by atoms with Crippen molar-refractivity contribution >= 4 is 0 Å². The van der Waals surface area contributed by atoms with Crippen molar-refractivity contribution in [2.45, 2.75) is 31.1 Å². The van der Waals surface area contributed by atoms with Crippen molar-refractivity contribution in [1.82, 2.24) is 0 Å². The smallest absolute Gasteiger partial charge is 0.188 e. The molecule has 0 unspecified atom stereocenters. The van der Waals surface area contributed by atoms with E-state index in [0.717, 1.165) is 31.7 Å². The standard InChI is InChI=1S/C12H15F2NO/c13-9-4-3-8(10(14)11(9)16)12(7-15)5-1-2-6-12/h3-4,16H,1-2,5-7,15H2. The zero-order chi connectivity index (χ0) is 11.8. The lowest BCUT2D eigenvalue weighted by Crippen LogP contribution is -2.33. The highest BCUT2D eigenvalue weighted by Gasteiger charge is 2.37. The van der Waals surface area contributed by atoms with Gasteiger partial charge in [0.1, 0.15) is 0 Å². The Balaban J connectivity index is 2.51. The van der Waals surface area contributed by atoms with Crippen LogP contribution in [0.1, 0.15) is 31.2 Å². The number of phenolic OH excluding ortho intramolecular Hbond substituents is 1. The molecular weight excluding hydrogens is 212 g/mol. The zero-order valence-electron chi connectivity index (χ0n) is 8.97. The predicted molar refractivity (Wildman–Crippen MR) is 57.2 cm³/mol. The van der Waals surface area contributed by atoms with E-state index in [1.807, 2.05) is 0 Å². The molecule has 3 N–H and O–H groups in total. The summed E-state index contributed by atoms with van der Waals surface area (Å²) >= 11 is 0. The molecule has 1 fully saturated rings. The van der Waals surface area contributed by atoms with Crippen molar-refractivity contribution in [3.8, 4) is 5.75 Å². The van der Waals surface area contributed by atoms with Crippen molar-refractivity contribution in [3.63, 3.8) is 0 Å². The minimum absolute atomic E-state index is 0.328. The normalized spacial score (nSPS) is 18.9. The van der Waals surface area contributed by atoms with Crippen molar-refractivity contribution < 1.29 is 13.9 Å². The van der Waals surface area contributed by atoms with Crippen LogP contribution < -0.4 is 5.73 Å². The number of benzene rings is 1. The largest absolute Gasteiger partial charge is 0.503 e. The second kappa shape index (κ2) is 4.01. The number of phenols is 1. The summed E-state index contributed by atoms with van der Waals surface area (Å²) < 4.78 is 26.8. The fraction of sp³-hybridized carbons (Fsp3) is 0.500. The van der Waals surface area contributed by atoms with Gasteiger partial charge in [-0.2, -0.15) is 0 Å². The van der Waals surface area contributed by atoms with Crippen molar-refractivity contribution in [3.05, 3.63) is 29.3 Å². The number of hydrogen-bond acceptors (Lipinski definition) is 2. The summed E-state index contributed by atoms with van der Waals surface area (Å²) in [6.07, 6.45) is 3.58. The van der Waals surface area contributed by atoms with Crippen LogP contribution in [0.3, 0.4) is 0 Å². The Morgan fingerprint density at radius 3 is 2.44 bits per heavy atom. The van der Waals surface area contributed by atoms with Crippen molar-refractivity contribution in [2.24, 2.45) is 5.73 Å². The van der Waals surface area contributed by atoms with E-state index in [2.05, 4.69) is 0 Å². The second-order valence-corrected chi connectivity index (χ2v) is 4.45. The summed E-state index contributed by atoms with van der Waals surface area (Å²) in [7, 11) is 0. The Labute approximate surface area is 93.1 Å². The zero-order valence-corrected chi connectivity index (χ0v) is 8.97. The van der Waals surface area contributed by atoms with Gasteiger partial charge in [-0.1, -0.05) is 18.9 Å². The second-order valence-electron chi connectivity index (χ2n) is 4.45. The maximum atomic E-state index is 13.8. The minimum atomic E-state index is -0.925. The van der Waals surface area contributed by atoms with E-state index >= 15 is 0 Å². The Morgan fingerprint density at radius 1 is 1.25 bits per heavy atom. The fourth-order valence-corrected chi connectivity index (χ4v) is 2.59.